The molecule has 2 aromatic carbocycles. The van der Waals surface area contributed by atoms with Crippen LogP contribution >= 0.6 is 0 Å². The monoisotopic (exact) mass is 324 g/mol. The van der Waals surface area contributed by atoms with Crippen LogP contribution in [0.4, 0.5) is 0 Å². The van der Waals surface area contributed by atoms with Gasteiger partial charge in [0.25, 0.3) is 0 Å². The highest BCUT2D eigenvalue weighted by Gasteiger charge is 2.06. The number of hydrogen-bond donors (Lipinski definition) is 0. The van der Waals surface area contributed by atoms with E-state index in [2.05, 4.69) is 10.1 Å². The summed E-state index contributed by atoms with van der Waals surface area (Å²) in [6.45, 7) is 6.83. The number of para-hydroxylation sites is 1. The molecule has 1 heterocycles. The number of aryl methyl sites for hydroxylation is 3. The van der Waals surface area contributed by atoms with Crippen molar-refractivity contribution in [2.24, 2.45) is 0 Å². The van der Waals surface area contributed by atoms with E-state index in [1.807, 2.05) is 56.3 Å². The first-order valence-electron chi connectivity index (χ1n) is 7.86. The van der Waals surface area contributed by atoms with E-state index in [1.165, 1.54) is 0 Å². The van der Waals surface area contributed by atoms with Crippen LogP contribution in [-0.2, 0) is 0 Å². The molecule has 124 valence electrons. The summed E-state index contributed by atoms with van der Waals surface area (Å²) in [7, 11) is 0. The molecule has 0 radical (unpaired) electrons. The van der Waals surface area contributed by atoms with Crippen LogP contribution in [0.25, 0.3) is 11.4 Å². The van der Waals surface area contributed by atoms with Crippen LogP contribution < -0.4 is 9.47 Å². The molecular formula is C19H20N2O3. The third kappa shape index (κ3) is 3.74. The molecule has 24 heavy (non-hydrogen) atoms. The van der Waals surface area contributed by atoms with Gasteiger partial charge in [0.05, 0.1) is 0 Å². The normalized spacial score (nSPS) is 10.6. The highest BCUT2D eigenvalue weighted by atomic mass is 16.5. The molecular weight excluding hydrogens is 304 g/mol. The van der Waals surface area contributed by atoms with Crippen LogP contribution in [0.3, 0.4) is 0 Å². The molecule has 0 fully saturated rings. The number of nitrogens with zero attached hydrogens (tertiary/aromatic N) is 2. The molecule has 0 bridgehead atoms. The van der Waals surface area contributed by atoms with Gasteiger partial charge < -0.3 is 14.0 Å². The Morgan fingerprint density at radius 2 is 1.54 bits per heavy atom. The van der Waals surface area contributed by atoms with Crippen LogP contribution in [-0.4, -0.2) is 23.4 Å². The molecule has 0 spiro atoms. The zero-order chi connectivity index (χ0) is 16.9. The van der Waals surface area contributed by atoms with Gasteiger partial charge in [0.15, 0.2) is 0 Å². The molecule has 0 aliphatic heterocycles. The Kier molecular flexibility index (Phi) is 4.79. The molecule has 0 aliphatic rings. The molecule has 3 aromatic rings. The average Bonchev–Trinajstić information content (AvgIpc) is 3.01. The number of aromatic nitrogens is 2. The molecule has 0 N–H and O–H groups in total. The molecule has 5 nitrogen and oxygen atoms in total. The van der Waals surface area contributed by atoms with Gasteiger partial charge >= 0.3 is 0 Å². The fraction of sp³-hybridized carbons (Fsp3) is 0.263. The van der Waals surface area contributed by atoms with Gasteiger partial charge in [0.1, 0.15) is 24.7 Å². The van der Waals surface area contributed by atoms with Crippen molar-refractivity contribution in [3.05, 3.63) is 59.5 Å². The van der Waals surface area contributed by atoms with Gasteiger partial charge in [0, 0.05) is 12.5 Å². The summed E-state index contributed by atoms with van der Waals surface area (Å²) in [5.74, 6) is 2.85. The lowest BCUT2D eigenvalue weighted by Crippen LogP contribution is -2.10. The second kappa shape index (κ2) is 7.17. The third-order valence-corrected chi connectivity index (χ3v) is 3.65. The van der Waals surface area contributed by atoms with Gasteiger partial charge in [-0.05, 0) is 49.2 Å². The van der Waals surface area contributed by atoms with E-state index in [9.17, 15) is 0 Å². The predicted octanol–water partition coefficient (Wildman–Crippen LogP) is 4.12. The van der Waals surface area contributed by atoms with Crippen molar-refractivity contribution >= 4 is 0 Å². The summed E-state index contributed by atoms with van der Waals surface area (Å²) in [5.41, 5.74) is 3.16. The van der Waals surface area contributed by atoms with Gasteiger partial charge in [-0.3, -0.25) is 0 Å². The largest absolute Gasteiger partial charge is 0.490 e. The zero-order valence-electron chi connectivity index (χ0n) is 14.1. The topological polar surface area (TPSA) is 57.4 Å². The second-order valence-corrected chi connectivity index (χ2v) is 5.58. The minimum atomic E-state index is 0.481. The van der Waals surface area contributed by atoms with Crippen molar-refractivity contribution in [2.45, 2.75) is 20.8 Å². The summed E-state index contributed by atoms with van der Waals surface area (Å²) in [6.07, 6.45) is 0. The maximum absolute atomic E-state index is 5.83. The molecule has 0 saturated heterocycles. The van der Waals surface area contributed by atoms with Gasteiger partial charge in [-0.15, -0.1) is 0 Å². The van der Waals surface area contributed by atoms with Crippen LogP contribution in [0, 0.1) is 20.8 Å². The first-order chi connectivity index (χ1) is 11.6. The van der Waals surface area contributed by atoms with Gasteiger partial charge in [-0.2, -0.15) is 4.98 Å². The van der Waals surface area contributed by atoms with E-state index in [0.29, 0.717) is 24.9 Å². The first-order valence-corrected chi connectivity index (χ1v) is 7.86. The molecule has 5 heteroatoms. The third-order valence-electron chi connectivity index (χ3n) is 3.65. The minimum absolute atomic E-state index is 0.481. The minimum Gasteiger partial charge on any atom is -0.490 e. The van der Waals surface area contributed by atoms with Crippen molar-refractivity contribution in [1.82, 2.24) is 10.1 Å². The maximum atomic E-state index is 5.83. The van der Waals surface area contributed by atoms with Crippen molar-refractivity contribution in [1.29, 1.82) is 0 Å². The molecule has 0 unspecified atom stereocenters. The number of rotatable bonds is 6. The molecule has 1 aromatic heterocycles. The molecule has 0 atom stereocenters. The highest BCUT2D eigenvalue weighted by molar-refractivity contribution is 5.55. The Labute approximate surface area is 141 Å². The number of benzene rings is 2. The lowest BCUT2D eigenvalue weighted by atomic mass is 10.1. The van der Waals surface area contributed by atoms with E-state index < -0.39 is 0 Å². The van der Waals surface area contributed by atoms with Crippen LogP contribution in [0.2, 0.25) is 0 Å². The van der Waals surface area contributed by atoms with Crippen molar-refractivity contribution in [3.8, 4) is 22.9 Å². The van der Waals surface area contributed by atoms with Crippen molar-refractivity contribution in [3.63, 3.8) is 0 Å². The Hall–Kier alpha value is -2.82. The molecule has 3 rings (SSSR count). The summed E-state index contributed by atoms with van der Waals surface area (Å²) in [6, 6.07) is 13.7. The van der Waals surface area contributed by atoms with E-state index in [4.69, 9.17) is 14.0 Å². The van der Waals surface area contributed by atoms with E-state index in [1.54, 1.807) is 6.92 Å². The summed E-state index contributed by atoms with van der Waals surface area (Å²) >= 11 is 0. The number of ether oxygens (including phenoxy) is 2. The zero-order valence-corrected chi connectivity index (χ0v) is 14.1. The van der Waals surface area contributed by atoms with E-state index in [0.717, 1.165) is 28.2 Å². The van der Waals surface area contributed by atoms with Crippen LogP contribution in [0.1, 0.15) is 17.0 Å². The molecule has 0 saturated carbocycles. The fourth-order valence-corrected chi connectivity index (χ4v) is 2.45. The SMILES string of the molecule is Cc1nc(-c2ccc(OCCOc3c(C)cccc3C)cc2)no1. The summed E-state index contributed by atoms with van der Waals surface area (Å²) in [5, 5.41) is 3.89. The van der Waals surface area contributed by atoms with Crippen LogP contribution in [0.5, 0.6) is 11.5 Å². The predicted molar refractivity (Wildman–Crippen MR) is 91.4 cm³/mol. The van der Waals surface area contributed by atoms with Gasteiger partial charge in [-0.1, -0.05) is 23.4 Å². The van der Waals surface area contributed by atoms with Crippen molar-refractivity contribution < 1.29 is 14.0 Å². The van der Waals surface area contributed by atoms with Gasteiger partial charge in [-0.25, -0.2) is 0 Å². The number of hydrogen-bond acceptors (Lipinski definition) is 5. The Morgan fingerprint density at radius 1 is 0.875 bits per heavy atom. The lowest BCUT2D eigenvalue weighted by Gasteiger charge is -2.12. The first kappa shape index (κ1) is 16.1. The smallest absolute Gasteiger partial charge is 0.223 e. The van der Waals surface area contributed by atoms with E-state index in [-0.39, 0.29) is 0 Å². The highest BCUT2D eigenvalue weighted by Crippen LogP contribution is 2.22. The molecule has 0 aliphatic carbocycles. The van der Waals surface area contributed by atoms with Crippen LogP contribution in [0.15, 0.2) is 47.0 Å². The Balaban J connectivity index is 1.52. The molecule has 0 amide bonds. The quantitative estimate of drug-likeness (QED) is 0.638. The standard InChI is InChI=1S/C19H20N2O3/c1-13-5-4-6-14(2)18(13)23-12-11-22-17-9-7-16(8-10-17)19-20-15(3)24-21-19/h4-10H,11-12H2,1-3H3. The second-order valence-electron chi connectivity index (χ2n) is 5.58. The van der Waals surface area contributed by atoms with E-state index >= 15 is 0 Å². The average molecular weight is 324 g/mol. The Morgan fingerprint density at radius 3 is 2.17 bits per heavy atom. The fourth-order valence-electron chi connectivity index (χ4n) is 2.45. The maximum Gasteiger partial charge on any atom is 0.223 e. The Bertz CT molecular complexity index is 789. The van der Waals surface area contributed by atoms with Crippen molar-refractivity contribution in [2.75, 3.05) is 13.2 Å². The van der Waals surface area contributed by atoms with Gasteiger partial charge in [0.2, 0.25) is 11.7 Å². The summed E-state index contributed by atoms with van der Waals surface area (Å²) < 4.78 is 16.5. The lowest BCUT2D eigenvalue weighted by molar-refractivity contribution is 0.215. The summed E-state index contributed by atoms with van der Waals surface area (Å²) in [4.78, 5) is 4.20.